The van der Waals surface area contributed by atoms with Gasteiger partial charge in [0.15, 0.2) is 0 Å². The molecule has 1 aliphatic rings. The van der Waals surface area contributed by atoms with E-state index in [0.717, 1.165) is 35.5 Å². The van der Waals surface area contributed by atoms with Crippen LogP contribution in [-0.4, -0.2) is 29.6 Å². The largest absolute Gasteiger partial charge is 0.507 e. The highest BCUT2D eigenvalue weighted by atomic mass is 35.5. The lowest BCUT2D eigenvalue weighted by Crippen LogP contribution is -2.22. The van der Waals surface area contributed by atoms with Crippen LogP contribution in [-0.2, 0) is 11.5 Å². The molecule has 2 aromatic rings. The summed E-state index contributed by atoms with van der Waals surface area (Å²) in [6.45, 7) is 10.3. The molecule has 1 aliphatic carbocycles. The fraction of sp³-hybridized carbons (Fsp3) is 0.588. The Morgan fingerprint density at radius 2 is 2.13 bits per heavy atom. The second kappa shape index (κ2) is 6.11. The van der Waals surface area contributed by atoms with E-state index in [4.69, 9.17) is 16.3 Å². The minimum Gasteiger partial charge on any atom is -0.507 e. The van der Waals surface area contributed by atoms with E-state index in [9.17, 15) is 5.11 Å². The molecular formula is C17H25ClN2O2Si. The summed E-state index contributed by atoms with van der Waals surface area (Å²) >= 11 is 6.42. The van der Waals surface area contributed by atoms with Gasteiger partial charge in [-0.05, 0) is 30.4 Å². The number of nitrogens with zero attached hydrogens (tertiary/aromatic N) is 2. The number of aromatic hydroxyl groups is 1. The van der Waals surface area contributed by atoms with Crippen LogP contribution >= 0.6 is 11.6 Å². The van der Waals surface area contributed by atoms with Gasteiger partial charge in [0, 0.05) is 25.3 Å². The maximum Gasteiger partial charge on any atom is 0.139 e. The maximum absolute atomic E-state index is 10.6. The van der Waals surface area contributed by atoms with Crippen molar-refractivity contribution >= 4 is 30.6 Å². The van der Waals surface area contributed by atoms with E-state index in [1.807, 2.05) is 6.07 Å². The zero-order chi connectivity index (χ0) is 16.8. The summed E-state index contributed by atoms with van der Waals surface area (Å²) in [5.41, 5.74) is 1.71. The Morgan fingerprint density at radius 1 is 1.43 bits per heavy atom. The van der Waals surface area contributed by atoms with Crippen molar-refractivity contribution in [3.8, 4) is 5.75 Å². The molecule has 0 aliphatic heterocycles. The topological polar surface area (TPSA) is 47.3 Å². The molecule has 1 aromatic carbocycles. The molecule has 4 nitrogen and oxygen atoms in total. The molecule has 0 saturated heterocycles. The second-order valence-electron chi connectivity index (χ2n) is 7.87. The SMILES string of the molecule is C[C@@H]1C[C@@H]1c1c(Cl)cc2c(cnn2COCC[Si](C)(C)C)c1O. The van der Waals surface area contributed by atoms with Crippen molar-refractivity contribution in [2.75, 3.05) is 6.61 Å². The standard InChI is InChI=1S/C17H25ClN2O2Si/c1-11-7-12(11)16-14(18)8-15-13(17(16)21)9-19-20(15)10-22-5-6-23(2,3)4/h8-9,11-12,21H,5-7,10H2,1-4H3/t11-,12+/m1/s1. The Morgan fingerprint density at radius 3 is 2.74 bits per heavy atom. The lowest BCUT2D eigenvalue weighted by atomic mass is 10.1. The van der Waals surface area contributed by atoms with Crippen LogP contribution in [0.1, 0.15) is 24.8 Å². The van der Waals surface area contributed by atoms with Gasteiger partial charge in [0.1, 0.15) is 12.5 Å². The molecule has 0 spiro atoms. The molecule has 1 heterocycles. The van der Waals surface area contributed by atoms with Gasteiger partial charge in [0.2, 0.25) is 0 Å². The van der Waals surface area contributed by atoms with Crippen LogP contribution in [0.3, 0.4) is 0 Å². The minimum atomic E-state index is -1.09. The fourth-order valence-electron chi connectivity index (χ4n) is 2.89. The van der Waals surface area contributed by atoms with Crippen LogP contribution in [0.4, 0.5) is 0 Å². The Kier molecular flexibility index (Phi) is 4.46. The summed E-state index contributed by atoms with van der Waals surface area (Å²) in [6, 6.07) is 3.04. The minimum absolute atomic E-state index is 0.287. The van der Waals surface area contributed by atoms with Crippen molar-refractivity contribution in [3.05, 3.63) is 22.8 Å². The number of ether oxygens (including phenoxy) is 1. The number of benzene rings is 1. The molecule has 1 fully saturated rings. The van der Waals surface area contributed by atoms with Crippen LogP contribution in [0.5, 0.6) is 5.75 Å². The van der Waals surface area contributed by atoms with Crippen LogP contribution in [0.15, 0.2) is 12.3 Å². The lowest BCUT2D eigenvalue weighted by molar-refractivity contribution is 0.0817. The first-order chi connectivity index (χ1) is 10.8. The predicted octanol–water partition coefficient (Wildman–Crippen LogP) is 4.83. The molecule has 3 rings (SSSR count). The number of hydrogen-bond donors (Lipinski definition) is 1. The normalized spacial score (nSPS) is 21.1. The second-order valence-corrected chi connectivity index (χ2v) is 13.9. The maximum atomic E-state index is 10.6. The third-order valence-electron chi connectivity index (χ3n) is 4.60. The summed E-state index contributed by atoms with van der Waals surface area (Å²) in [4.78, 5) is 0. The van der Waals surface area contributed by atoms with Crippen LogP contribution in [0.2, 0.25) is 30.7 Å². The van der Waals surface area contributed by atoms with Crippen LogP contribution < -0.4 is 0 Å². The summed E-state index contributed by atoms with van der Waals surface area (Å²) in [7, 11) is -1.09. The Labute approximate surface area is 143 Å². The molecule has 1 N–H and O–H groups in total. The van der Waals surface area contributed by atoms with Crippen molar-refractivity contribution in [1.29, 1.82) is 0 Å². The first kappa shape index (κ1) is 16.8. The van der Waals surface area contributed by atoms with Gasteiger partial charge in [-0.25, -0.2) is 4.68 Å². The van der Waals surface area contributed by atoms with E-state index < -0.39 is 8.07 Å². The number of fused-ring (bicyclic) bond motifs is 1. The molecule has 0 unspecified atom stereocenters. The molecule has 0 amide bonds. The van der Waals surface area contributed by atoms with Gasteiger partial charge in [-0.1, -0.05) is 38.2 Å². The monoisotopic (exact) mass is 352 g/mol. The van der Waals surface area contributed by atoms with Crippen molar-refractivity contribution in [2.45, 2.75) is 51.7 Å². The number of phenols is 1. The summed E-state index contributed by atoms with van der Waals surface area (Å²) < 4.78 is 7.53. The molecular weight excluding hydrogens is 328 g/mol. The van der Waals surface area contributed by atoms with Crippen molar-refractivity contribution in [1.82, 2.24) is 9.78 Å². The molecule has 0 bridgehead atoms. The molecule has 2 atom stereocenters. The van der Waals surface area contributed by atoms with E-state index in [2.05, 4.69) is 31.7 Å². The number of aromatic nitrogens is 2. The van der Waals surface area contributed by atoms with Gasteiger partial charge in [-0.15, -0.1) is 0 Å². The van der Waals surface area contributed by atoms with Gasteiger partial charge in [0.25, 0.3) is 0 Å². The number of hydrogen-bond acceptors (Lipinski definition) is 3. The Bertz CT molecular complexity index is 723. The smallest absolute Gasteiger partial charge is 0.139 e. The molecule has 1 saturated carbocycles. The average Bonchev–Trinajstić information content (AvgIpc) is 3.00. The highest BCUT2D eigenvalue weighted by Crippen LogP contribution is 2.53. The van der Waals surface area contributed by atoms with Crippen molar-refractivity contribution in [2.24, 2.45) is 5.92 Å². The Balaban J connectivity index is 1.78. The average molecular weight is 353 g/mol. The summed E-state index contributed by atoms with van der Waals surface area (Å²) in [5, 5.41) is 16.3. The van der Waals surface area contributed by atoms with Gasteiger partial charge >= 0.3 is 0 Å². The summed E-state index contributed by atoms with van der Waals surface area (Å²) in [6.07, 6.45) is 2.80. The zero-order valence-corrected chi connectivity index (χ0v) is 16.0. The lowest BCUT2D eigenvalue weighted by Gasteiger charge is -2.15. The first-order valence-electron chi connectivity index (χ1n) is 8.22. The molecule has 6 heteroatoms. The zero-order valence-electron chi connectivity index (χ0n) is 14.3. The van der Waals surface area contributed by atoms with Crippen LogP contribution in [0.25, 0.3) is 10.9 Å². The molecule has 0 radical (unpaired) electrons. The molecule has 23 heavy (non-hydrogen) atoms. The van der Waals surface area contributed by atoms with E-state index in [1.54, 1.807) is 10.9 Å². The Hall–Kier alpha value is -1.04. The van der Waals surface area contributed by atoms with E-state index in [0.29, 0.717) is 23.6 Å². The molecule has 126 valence electrons. The number of rotatable bonds is 6. The van der Waals surface area contributed by atoms with Gasteiger partial charge in [-0.2, -0.15) is 5.10 Å². The van der Waals surface area contributed by atoms with E-state index in [1.165, 1.54) is 0 Å². The first-order valence-corrected chi connectivity index (χ1v) is 12.3. The third kappa shape index (κ3) is 3.57. The van der Waals surface area contributed by atoms with Crippen molar-refractivity contribution < 1.29 is 9.84 Å². The van der Waals surface area contributed by atoms with Crippen molar-refractivity contribution in [3.63, 3.8) is 0 Å². The summed E-state index contributed by atoms with van der Waals surface area (Å²) in [5.74, 6) is 1.26. The van der Waals surface area contributed by atoms with Gasteiger partial charge in [-0.3, -0.25) is 0 Å². The predicted molar refractivity (Wildman–Crippen MR) is 97.0 cm³/mol. The van der Waals surface area contributed by atoms with Gasteiger partial charge in [0.05, 0.1) is 17.1 Å². The number of halogens is 1. The van der Waals surface area contributed by atoms with Crippen LogP contribution in [0, 0.1) is 5.92 Å². The quantitative estimate of drug-likeness (QED) is 0.598. The third-order valence-corrected chi connectivity index (χ3v) is 6.62. The van der Waals surface area contributed by atoms with E-state index >= 15 is 0 Å². The molecule has 1 aromatic heterocycles. The van der Waals surface area contributed by atoms with Gasteiger partial charge < -0.3 is 9.84 Å². The highest BCUT2D eigenvalue weighted by Gasteiger charge is 2.38. The van der Waals surface area contributed by atoms with E-state index in [-0.39, 0.29) is 5.75 Å². The highest BCUT2D eigenvalue weighted by molar-refractivity contribution is 6.76. The number of phenolic OH excluding ortho intramolecular Hbond substituents is 1. The fourth-order valence-corrected chi connectivity index (χ4v) is 3.98.